The number of carbonyl (C=O) groups is 2. The summed E-state index contributed by atoms with van der Waals surface area (Å²) in [6.07, 6.45) is 4.21. The smallest absolute Gasteiger partial charge is 0.313 e. The summed E-state index contributed by atoms with van der Waals surface area (Å²) in [5.74, 6) is -1.12. The van der Waals surface area contributed by atoms with E-state index in [9.17, 15) is 9.59 Å². The Bertz CT molecular complexity index is 471. The maximum Gasteiger partial charge on any atom is 0.313 e. The fourth-order valence-corrected chi connectivity index (χ4v) is 2.56. The van der Waals surface area contributed by atoms with Crippen LogP contribution in [0.15, 0.2) is 18.2 Å². The van der Waals surface area contributed by atoms with Gasteiger partial charge in [0.25, 0.3) is 0 Å². The number of aryl methyl sites for hydroxylation is 2. The third-order valence-corrected chi connectivity index (χ3v) is 3.38. The molecular weight excluding hydrogens is 240 g/mol. The zero-order valence-corrected chi connectivity index (χ0v) is 11.5. The molecule has 1 aliphatic carbocycles. The first-order valence-electron chi connectivity index (χ1n) is 6.75. The highest BCUT2D eigenvalue weighted by Crippen LogP contribution is 2.17. The topological polar surface area (TPSA) is 58.2 Å². The molecule has 0 atom stereocenters. The zero-order valence-electron chi connectivity index (χ0n) is 11.5. The molecule has 1 aromatic carbocycles. The number of benzene rings is 1. The van der Waals surface area contributed by atoms with Crippen molar-refractivity contribution in [2.24, 2.45) is 0 Å². The van der Waals surface area contributed by atoms with Gasteiger partial charge in [-0.15, -0.1) is 0 Å². The molecule has 1 aliphatic rings. The molecule has 102 valence electrons. The van der Waals surface area contributed by atoms with Gasteiger partial charge in [0.1, 0.15) is 0 Å². The molecule has 19 heavy (non-hydrogen) atoms. The normalized spacial score (nSPS) is 15.3. The van der Waals surface area contributed by atoms with Gasteiger partial charge in [-0.05, 0) is 49.9 Å². The summed E-state index contributed by atoms with van der Waals surface area (Å²) in [7, 11) is 0. The number of anilines is 1. The Labute approximate surface area is 113 Å². The van der Waals surface area contributed by atoms with E-state index in [1.165, 1.54) is 0 Å². The highest BCUT2D eigenvalue weighted by atomic mass is 16.2. The van der Waals surface area contributed by atoms with Crippen molar-refractivity contribution in [2.45, 2.75) is 45.6 Å². The van der Waals surface area contributed by atoms with Crippen LogP contribution in [0.25, 0.3) is 0 Å². The summed E-state index contributed by atoms with van der Waals surface area (Å²) in [6, 6.07) is 5.90. The number of carbonyl (C=O) groups excluding carboxylic acids is 2. The quantitative estimate of drug-likeness (QED) is 0.802. The van der Waals surface area contributed by atoms with Gasteiger partial charge in [-0.3, -0.25) is 9.59 Å². The van der Waals surface area contributed by atoms with E-state index in [0.717, 1.165) is 36.8 Å². The molecule has 1 saturated carbocycles. The van der Waals surface area contributed by atoms with Crippen molar-refractivity contribution >= 4 is 17.5 Å². The number of rotatable bonds is 2. The highest BCUT2D eigenvalue weighted by Gasteiger charge is 2.21. The largest absolute Gasteiger partial charge is 0.345 e. The van der Waals surface area contributed by atoms with E-state index in [2.05, 4.69) is 10.6 Å². The maximum absolute atomic E-state index is 11.8. The van der Waals surface area contributed by atoms with E-state index in [1.807, 2.05) is 32.0 Å². The van der Waals surface area contributed by atoms with Gasteiger partial charge in [-0.2, -0.15) is 0 Å². The Morgan fingerprint density at radius 1 is 1.00 bits per heavy atom. The van der Waals surface area contributed by atoms with Crippen LogP contribution in [0.3, 0.4) is 0 Å². The molecule has 0 spiro atoms. The molecule has 0 aliphatic heterocycles. The molecule has 4 nitrogen and oxygen atoms in total. The van der Waals surface area contributed by atoms with Gasteiger partial charge in [-0.1, -0.05) is 18.9 Å². The minimum Gasteiger partial charge on any atom is -0.345 e. The summed E-state index contributed by atoms with van der Waals surface area (Å²) in [5.41, 5.74) is 2.79. The van der Waals surface area contributed by atoms with Crippen LogP contribution in [0.2, 0.25) is 0 Å². The minimum atomic E-state index is -0.586. The molecule has 2 rings (SSSR count). The van der Waals surface area contributed by atoms with Gasteiger partial charge >= 0.3 is 11.8 Å². The van der Waals surface area contributed by atoms with Crippen LogP contribution in [0.1, 0.15) is 36.8 Å². The lowest BCUT2D eigenvalue weighted by atomic mass is 10.1. The molecule has 0 radical (unpaired) electrons. The second-order valence-corrected chi connectivity index (χ2v) is 5.29. The van der Waals surface area contributed by atoms with Crippen molar-refractivity contribution in [3.63, 3.8) is 0 Å². The lowest BCUT2D eigenvalue weighted by Crippen LogP contribution is -2.40. The Hall–Kier alpha value is -1.84. The highest BCUT2D eigenvalue weighted by molar-refractivity contribution is 6.39. The lowest BCUT2D eigenvalue weighted by Gasteiger charge is -2.12. The molecule has 0 saturated heterocycles. The first-order chi connectivity index (χ1) is 9.04. The first kappa shape index (κ1) is 13.6. The Balaban J connectivity index is 1.94. The molecule has 0 heterocycles. The molecule has 0 bridgehead atoms. The van der Waals surface area contributed by atoms with Crippen molar-refractivity contribution in [1.82, 2.24) is 5.32 Å². The summed E-state index contributed by atoms with van der Waals surface area (Å²) < 4.78 is 0. The Morgan fingerprint density at radius 3 is 2.16 bits per heavy atom. The summed E-state index contributed by atoms with van der Waals surface area (Å²) in [5, 5.41) is 5.42. The fourth-order valence-electron chi connectivity index (χ4n) is 2.56. The van der Waals surface area contributed by atoms with Gasteiger partial charge in [0.15, 0.2) is 0 Å². The predicted molar refractivity (Wildman–Crippen MR) is 74.9 cm³/mol. The van der Waals surface area contributed by atoms with E-state index in [1.54, 1.807) is 0 Å². The molecule has 0 aromatic heterocycles. The van der Waals surface area contributed by atoms with Gasteiger partial charge in [0, 0.05) is 11.7 Å². The summed E-state index contributed by atoms with van der Waals surface area (Å²) in [4.78, 5) is 23.5. The monoisotopic (exact) mass is 260 g/mol. The van der Waals surface area contributed by atoms with Gasteiger partial charge in [-0.25, -0.2) is 0 Å². The van der Waals surface area contributed by atoms with Crippen molar-refractivity contribution in [2.75, 3.05) is 5.32 Å². The third-order valence-electron chi connectivity index (χ3n) is 3.38. The van der Waals surface area contributed by atoms with Crippen LogP contribution in [-0.2, 0) is 9.59 Å². The Morgan fingerprint density at radius 2 is 1.58 bits per heavy atom. The molecule has 2 N–H and O–H groups in total. The van der Waals surface area contributed by atoms with Gasteiger partial charge in [0.05, 0.1) is 0 Å². The summed E-state index contributed by atoms with van der Waals surface area (Å²) in [6.45, 7) is 3.92. The van der Waals surface area contributed by atoms with Crippen molar-refractivity contribution in [1.29, 1.82) is 0 Å². The third kappa shape index (κ3) is 3.81. The molecule has 4 heteroatoms. The number of nitrogens with one attached hydrogen (secondary N) is 2. The van der Waals surface area contributed by atoms with Crippen LogP contribution in [0, 0.1) is 13.8 Å². The predicted octanol–water partition coefficient (Wildman–Crippen LogP) is 2.30. The van der Waals surface area contributed by atoms with E-state index in [4.69, 9.17) is 0 Å². The minimum absolute atomic E-state index is 0.164. The van der Waals surface area contributed by atoms with Crippen LogP contribution >= 0.6 is 0 Å². The van der Waals surface area contributed by atoms with Crippen molar-refractivity contribution in [3.8, 4) is 0 Å². The van der Waals surface area contributed by atoms with Crippen molar-refractivity contribution < 1.29 is 9.59 Å². The summed E-state index contributed by atoms with van der Waals surface area (Å²) >= 11 is 0. The second kappa shape index (κ2) is 5.87. The fraction of sp³-hybridized carbons (Fsp3) is 0.467. The average Bonchev–Trinajstić information content (AvgIpc) is 2.80. The lowest BCUT2D eigenvalue weighted by molar-refractivity contribution is -0.136. The van der Waals surface area contributed by atoms with E-state index in [0.29, 0.717) is 5.69 Å². The SMILES string of the molecule is Cc1cc(C)cc(NC(=O)C(=O)NC2CCCC2)c1. The van der Waals surface area contributed by atoms with Crippen molar-refractivity contribution in [3.05, 3.63) is 29.3 Å². The van der Waals surface area contributed by atoms with Crippen LogP contribution in [0.5, 0.6) is 0 Å². The standard InChI is InChI=1S/C15H20N2O2/c1-10-7-11(2)9-13(8-10)17-15(19)14(18)16-12-5-3-4-6-12/h7-9,12H,3-6H2,1-2H3,(H,16,18)(H,17,19). The zero-order chi connectivity index (χ0) is 13.8. The maximum atomic E-state index is 11.8. The second-order valence-electron chi connectivity index (χ2n) is 5.29. The van der Waals surface area contributed by atoms with E-state index >= 15 is 0 Å². The van der Waals surface area contributed by atoms with E-state index in [-0.39, 0.29) is 6.04 Å². The number of amides is 2. The van der Waals surface area contributed by atoms with E-state index < -0.39 is 11.8 Å². The Kier molecular flexibility index (Phi) is 4.20. The van der Waals surface area contributed by atoms with Gasteiger partial charge < -0.3 is 10.6 Å². The molecule has 1 fully saturated rings. The molecule has 0 unspecified atom stereocenters. The number of hydrogen-bond acceptors (Lipinski definition) is 2. The van der Waals surface area contributed by atoms with Crippen LogP contribution in [-0.4, -0.2) is 17.9 Å². The van der Waals surface area contributed by atoms with Crippen LogP contribution < -0.4 is 10.6 Å². The van der Waals surface area contributed by atoms with Crippen LogP contribution in [0.4, 0.5) is 5.69 Å². The molecule has 1 aromatic rings. The van der Waals surface area contributed by atoms with Gasteiger partial charge in [0.2, 0.25) is 0 Å². The first-order valence-corrected chi connectivity index (χ1v) is 6.75. The number of hydrogen-bond donors (Lipinski definition) is 2. The average molecular weight is 260 g/mol. The molecule has 2 amide bonds. The molecular formula is C15H20N2O2.